The Hall–Kier alpha value is -3.09. The molecule has 1 aliphatic heterocycles. The maximum atomic E-state index is 13.1. The molecule has 0 N–H and O–H groups in total. The molecule has 0 spiro atoms. The molecule has 25 heavy (non-hydrogen) atoms. The minimum Gasteiger partial charge on any atom is -0.497 e. The predicted octanol–water partition coefficient (Wildman–Crippen LogP) is 2.59. The molecule has 1 aromatic carbocycles. The van der Waals surface area contributed by atoms with Crippen molar-refractivity contribution in [1.82, 2.24) is 19.4 Å². The van der Waals surface area contributed by atoms with Crippen molar-refractivity contribution >= 4 is 5.91 Å². The number of imidazole rings is 1. The van der Waals surface area contributed by atoms with Gasteiger partial charge in [-0.3, -0.25) is 4.79 Å². The van der Waals surface area contributed by atoms with Crippen LogP contribution in [0.25, 0.3) is 0 Å². The van der Waals surface area contributed by atoms with E-state index in [1.807, 2.05) is 30.5 Å². The van der Waals surface area contributed by atoms with Gasteiger partial charge in [-0.1, -0.05) is 12.1 Å². The highest BCUT2D eigenvalue weighted by Crippen LogP contribution is 2.32. The number of carbonyl (C=O) groups excluding carboxylic acids is 1. The first-order valence-electron chi connectivity index (χ1n) is 8.02. The van der Waals surface area contributed by atoms with Crippen LogP contribution in [0.4, 0.5) is 0 Å². The van der Waals surface area contributed by atoms with Gasteiger partial charge in [-0.15, -0.1) is 0 Å². The van der Waals surface area contributed by atoms with E-state index in [1.54, 1.807) is 25.1 Å². The lowest BCUT2D eigenvalue weighted by molar-refractivity contribution is 0.0577. The number of methoxy groups -OCH3 is 1. The maximum absolute atomic E-state index is 13.1. The molecule has 0 bridgehead atoms. The number of hydrogen-bond acceptors (Lipinski definition) is 5. The zero-order valence-electron chi connectivity index (χ0n) is 14.0. The number of aromatic nitrogens is 3. The lowest BCUT2D eigenvalue weighted by atomic mass is 10.0. The summed E-state index contributed by atoms with van der Waals surface area (Å²) in [5.41, 5.74) is 1.35. The van der Waals surface area contributed by atoms with Gasteiger partial charge in [0.15, 0.2) is 12.1 Å². The van der Waals surface area contributed by atoms with E-state index in [2.05, 4.69) is 14.5 Å². The normalized spacial score (nSPS) is 16.6. The van der Waals surface area contributed by atoms with Gasteiger partial charge in [-0.2, -0.15) is 0 Å². The van der Waals surface area contributed by atoms with Crippen molar-refractivity contribution < 1.29 is 13.9 Å². The van der Waals surface area contributed by atoms with E-state index < -0.39 is 0 Å². The molecule has 0 unspecified atom stereocenters. The van der Waals surface area contributed by atoms with E-state index in [0.717, 1.165) is 17.1 Å². The van der Waals surface area contributed by atoms with Crippen molar-refractivity contribution in [3.05, 3.63) is 65.9 Å². The lowest BCUT2D eigenvalue weighted by Crippen LogP contribution is -2.41. The van der Waals surface area contributed by atoms with Gasteiger partial charge in [0.1, 0.15) is 17.3 Å². The molecule has 7 heteroatoms. The van der Waals surface area contributed by atoms with Crippen LogP contribution in [0.1, 0.15) is 33.7 Å². The zero-order valence-corrected chi connectivity index (χ0v) is 14.0. The summed E-state index contributed by atoms with van der Waals surface area (Å²) < 4.78 is 12.6. The summed E-state index contributed by atoms with van der Waals surface area (Å²) in [6, 6.07) is 7.65. The highest BCUT2D eigenvalue weighted by molar-refractivity contribution is 5.93. The smallest absolute Gasteiger partial charge is 0.277 e. The van der Waals surface area contributed by atoms with E-state index in [9.17, 15) is 4.79 Å². The number of fused-ring (bicyclic) bond motifs is 1. The van der Waals surface area contributed by atoms with Crippen molar-refractivity contribution in [2.24, 2.45) is 0 Å². The topological polar surface area (TPSA) is 73.4 Å². The summed E-state index contributed by atoms with van der Waals surface area (Å²) >= 11 is 0. The molecule has 3 aromatic rings. The average molecular weight is 338 g/mol. The first-order valence-corrected chi connectivity index (χ1v) is 8.02. The summed E-state index contributed by atoms with van der Waals surface area (Å²) in [4.78, 5) is 23.3. The number of hydrogen-bond donors (Lipinski definition) is 0. The number of benzene rings is 1. The van der Waals surface area contributed by atoms with Crippen molar-refractivity contribution in [2.75, 3.05) is 7.11 Å². The minimum absolute atomic E-state index is 0.139. The van der Waals surface area contributed by atoms with E-state index in [4.69, 9.17) is 9.15 Å². The Balaban J connectivity index is 1.76. The van der Waals surface area contributed by atoms with Gasteiger partial charge in [0.2, 0.25) is 0 Å². The highest BCUT2D eigenvalue weighted by Gasteiger charge is 2.34. The molecule has 1 atom stereocenters. The fourth-order valence-corrected chi connectivity index (χ4v) is 3.20. The molecule has 0 radical (unpaired) electrons. The molecule has 3 heterocycles. The third kappa shape index (κ3) is 2.67. The van der Waals surface area contributed by atoms with Crippen LogP contribution in [0.3, 0.4) is 0 Å². The van der Waals surface area contributed by atoms with Crippen molar-refractivity contribution in [3.63, 3.8) is 0 Å². The lowest BCUT2D eigenvalue weighted by Gasteiger charge is -2.36. The van der Waals surface area contributed by atoms with Crippen molar-refractivity contribution in [2.45, 2.75) is 26.1 Å². The third-order valence-corrected chi connectivity index (χ3v) is 4.55. The third-order valence-electron chi connectivity index (χ3n) is 4.55. The highest BCUT2D eigenvalue weighted by atomic mass is 16.5. The Morgan fingerprint density at radius 1 is 1.36 bits per heavy atom. The van der Waals surface area contributed by atoms with Crippen LogP contribution < -0.4 is 4.74 Å². The summed E-state index contributed by atoms with van der Waals surface area (Å²) in [6.07, 6.45) is 4.99. The van der Waals surface area contributed by atoms with Gasteiger partial charge in [0.05, 0.1) is 19.7 Å². The summed E-state index contributed by atoms with van der Waals surface area (Å²) in [7, 11) is 1.63. The standard InChI is InChI=1S/C18H18N4O3/c1-12-17(20-11-25-12)18(23)22-10-16-19-6-7-21(16)9-15(22)13-4-3-5-14(8-13)24-2/h3-8,11,15H,9-10H2,1-2H3/t15-/m0/s1. The number of rotatable bonds is 3. The molecule has 7 nitrogen and oxygen atoms in total. The monoisotopic (exact) mass is 338 g/mol. The molecule has 1 aliphatic rings. The molecule has 0 saturated heterocycles. The van der Waals surface area contributed by atoms with Gasteiger partial charge in [-0.05, 0) is 24.6 Å². The number of ether oxygens (including phenoxy) is 1. The zero-order chi connectivity index (χ0) is 17.4. The molecule has 4 rings (SSSR count). The predicted molar refractivity (Wildman–Crippen MR) is 89.1 cm³/mol. The molecule has 1 amide bonds. The van der Waals surface area contributed by atoms with E-state index in [1.165, 1.54) is 6.39 Å². The van der Waals surface area contributed by atoms with Crippen LogP contribution in [-0.4, -0.2) is 32.5 Å². The number of nitrogens with zero attached hydrogens (tertiary/aromatic N) is 4. The van der Waals surface area contributed by atoms with Gasteiger partial charge < -0.3 is 18.6 Å². The Kier molecular flexibility index (Phi) is 3.76. The minimum atomic E-state index is -0.159. The summed E-state index contributed by atoms with van der Waals surface area (Å²) in [5, 5.41) is 0. The summed E-state index contributed by atoms with van der Waals surface area (Å²) in [5.74, 6) is 1.98. The van der Waals surface area contributed by atoms with E-state index in [-0.39, 0.29) is 11.9 Å². The number of aryl methyl sites for hydroxylation is 1. The molecular weight excluding hydrogens is 320 g/mol. The molecule has 0 aliphatic carbocycles. The fourth-order valence-electron chi connectivity index (χ4n) is 3.20. The molecule has 2 aromatic heterocycles. The van der Waals surface area contributed by atoms with Crippen LogP contribution in [0.15, 0.2) is 47.5 Å². The Bertz CT molecular complexity index is 914. The number of carbonyl (C=O) groups is 1. The van der Waals surface area contributed by atoms with Crippen LogP contribution in [0.2, 0.25) is 0 Å². The first-order chi connectivity index (χ1) is 12.2. The fraction of sp³-hybridized carbons (Fsp3) is 0.278. The van der Waals surface area contributed by atoms with E-state index >= 15 is 0 Å². The molecule has 0 saturated carbocycles. The van der Waals surface area contributed by atoms with Crippen molar-refractivity contribution in [3.8, 4) is 5.75 Å². The molecular formula is C18H18N4O3. The van der Waals surface area contributed by atoms with Crippen LogP contribution in [0, 0.1) is 6.92 Å². The summed E-state index contributed by atoms with van der Waals surface area (Å²) in [6.45, 7) is 2.79. The Labute approximate surface area is 144 Å². The largest absolute Gasteiger partial charge is 0.497 e. The van der Waals surface area contributed by atoms with Crippen LogP contribution >= 0.6 is 0 Å². The SMILES string of the molecule is COc1cccc([C@@H]2Cn3ccnc3CN2C(=O)c2ncoc2C)c1. The van der Waals surface area contributed by atoms with Gasteiger partial charge in [-0.25, -0.2) is 9.97 Å². The molecule has 0 fully saturated rings. The average Bonchev–Trinajstić information content (AvgIpc) is 3.28. The molecule has 128 valence electrons. The number of oxazole rings is 1. The van der Waals surface area contributed by atoms with Crippen molar-refractivity contribution in [1.29, 1.82) is 0 Å². The van der Waals surface area contributed by atoms with Gasteiger partial charge in [0, 0.05) is 18.9 Å². The Morgan fingerprint density at radius 2 is 2.24 bits per heavy atom. The second-order valence-corrected chi connectivity index (χ2v) is 5.98. The number of amides is 1. The van der Waals surface area contributed by atoms with Gasteiger partial charge in [0.25, 0.3) is 5.91 Å². The quantitative estimate of drug-likeness (QED) is 0.734. The maximum Gasteiger partial charge on any atom is 0.277 e. The second kappa shape index (κ2) is 6.08. The van der Waals surface area contributed by atoms with E-state index in [0.29, 0.717) is 24.5 Å². The van der Waals surface area contributed by atoms with Crippen LogP contribution in [0.5, 0.6) is 5.75 Å². The van der Waals surface area contributed by atoms with Crippen LogP contribution in [-0.2, 0) is 13.1 Å². The first kappa shape index (κ1) is 15.4. The second-order valence-electron chi connectivity index (χ2n) is 5.98. The van der Waals surface area contributed by atoms with Gasteiger partial charge >= 0.3 is 0 Å². The Morgan fingerprint density at radius 3 is 3.00 bits per heavy atom.